The first-order valence-electron chi connectivity index (χ1n) is 9.40. The van der Waals surface area contributed by atoms with Crippen LogP contribution in [0.15, 0.2) is 4.79 Å². The molecule has 0 aliphatic heterocycles. The molecule has 7 heteroatoms. The Hall–Kier alpha value is -1.28. The summed E-state index contributed by atoms with van der Waals surface area (Å²) in [5, 5.41) is 10.5. The molecule has 0 unspecified atom stereocenters. The largest absolute Gasteiger partial charge is 0.392 e. The highest BCUT2D eigenvalue weighted by atomic mass is 32.1. The fraction of sp³-hybridized carbons (Fsp3) is 0.684. The van der Waals surface area contributed by atoms with Crippen molar-refractivity contribution < 1.29 is 9.84 Å². The van der Waals surface area contributed by atoms with Crippen LogP contribution in [0.4, 0.5) is 0 Å². The second kappa shape index (κ2) is 8.61. The molecule has 2 aromatic heterocycles. The molecule has 26 heavy (non-hydrogen) atoms. The van der Waals surface area contributed by atoms with Crippen LogP contribution in [0.2, 0.25) is 0 Å². The number of aliphatic hydroxyl groups excluding tert-OH is 1. The molecule has 1 aliphatic carbocycles. The van der Waals surface area contributed by atoms with Gasteiger partial charge in [0.05, 0.1) is 18.0 Å². The standard InChI is InChI=1S/C19H29N3O3S/c1-12-5-6-14-15(9-12)26-19-17(14)18(24)20-16(21-19)11-22(10-13(2)23)7-4-8-25-3/h12-13,23H,4-11H2,1-3H3,(H,20,21,24)/t12-,13-/m0/s1. The lowest BCUT2D eigenvalue weighted by atomic mass is 9.89. The van der Waals surface area contributed by atoms with E-state index in [1.165, 1.54) is 10.4 Å². The van der Waals surface area contributed by atoms with Gasteiger partial charge in [-0.1, -0.05) is 6.92 Å². The Balaban J connectivity index is 1.84. The molecule has 0 bridgehead atoms. The minimum absolute atomic E-state index is 0.0223. The third-order valence-electron chi connectivity index (χ3n) is 4.93. The quantitative estimate of drug-likeness (QED) is 0.688. The van der Waals surface area contributed by atoms with Gasteiger partial charge in [-0.05, 0) is 44.1 Å². The number of aromatic amines is 1. The second-order valence-corrected chi connectivity index (χ2v) is 8.56. The Morgan fingerprint density at radius 2 is 2.31 bits per heavy atom. The number of aryl methyl sites for hydroxylation is 1. The summed E-state index contributed by atoms with van der Waals surface area (Å²) < 4.78 is 5.12. The highest BCUT2D eigenvalue weighted by Gasteiger charge is 2.23. The maximum absolute atomic E-state index is 12.7. The molecule has 6 nitrogen and oxygen atoms in total. The van der Waals surface area contributed by atoms with Crippen molar-refractivity contribution in [1.29, 1.82) is 0 Å². The number of H-pyrrole nitrogens is 1. The van der Waals surface area contributed by atoms with Crippen molar-refractivity contribution in [2.24, 2.45) is 5.92 Å². The Morgan fingerprint density at radius 3 is 3.04 bits per heavy atom. The third-order valence-corrected chi connectivity index (χ3v) is 6.08. The first-order valence-corrected chi connectivity index (χ1v) is 10.2. The molecule has 0 spiro atoms. The summed E-state index contributed by atoms with van der Waals surface area (Å²) in [6, 6.07) is 0. The maximum Gasteiger partial charge on any atom is 0.259 e. The predicted molar refractivity (Wildman–Crippen MR) is 105 cm³/mol. The first kappa shape index (κ1) is 19.5. The molecule has 1 aliphatic rings. The van der Waals surface area contributed by atoms with Crippen molar-refractivity contribution in [1.82, 2.24) is 14.9 Å². The van der Waals surface area contributed by atoms with Crippen LogP contribution in [0, 0.1) is 5.92 Å². The van der Waals surface area contributed by atoms with Crippen LogP contribution in [0.3, 0.4) is 0 Å². The van der Waals surface area contributed by atoms with Crippen LogP contribution in [0.5, 0.6) is 0 Å². The summed E-state index contributed by atoms with van der Waals surface area (Å²) >= 11 is 1.68. The molecule has 0 radical (unpaired) electrons. The summed E-state index contributed by atoms with van der Waals surface area (Å²) in [5.74, 6) is 1.35. The molecule has 2 heterocycles. The average molecular weight is 380 g/mol. The molecule has 0 saturated heterocycles. The van der Waals surface area contributed by atoms with E-state index in [2.05, 4.69) is 16.8 Å². The van der Waals surface area contributed by atoms with Crippen molar-refractivity contribution in [3.05, 3.63) is 26.6 Å². The van der Waals surface area contributed by atoms with Gasteiger partial charge in [-0.2, -0.15) is 0 Å². The monoisotopic (exact) mass is 379 g/mol. The van der Waals surface area contributed by atoms with Gasteiger partial charge >= 0.3 is 0 Å². The maximum atomic E-state index is 12.7. The number of aromatic nitrogens is 2. The third kappa shape index (κ3) is 4.52. The van der Waals surface area contributed by atoms with Gasteiger partial charge in [0.2, 0.25) is 0 Å². The van der Waals surface area contributed by atoms with Gasteiger partial charge in [-0.25, -0.2) is 4.98 Å². The normalized spacial score (nSPS) is 18.4. The zero-order valence-corrected chi connectivity index (χ0v) is 16.7. The minimum Gasteiger partial charge on any atom is -0.392 e. The lowest BCUT2D eigenvalue weighted by Crippen LogP contribution is -2.33. The van der Waals surface area contributed by atoms with Crippen LogP contribution < -0.4 is 5.56 Å². The van der Waals surface area contributed by atoms with E-state index in [9.17, 15) is 9.90 Å². The zero-order valence-electron chi connectivity index (χ0n) is 15.9. The molecule has 3 rings (SSSR count). The van der Waals surface area contributed by atoms with Crippen LogP contribution in [-0.2, 0) is 24.1 Å². The molecular formula is C19H29N3O3S. The number of fused-ring (bicyclic) bond motifs is 3. The fourth-order valence-corrected chi connectivity index (χ4v) is 5.12. The van der Waals surface area contributed by atoms with E-state index in [0.29, 0.717) is 31.4 Å². The number of hydrogen-bond donors (Lipinski definition) is 2. The number of nitrogens with one attached hydrogen (secondary N) is 1. The van der Waals surface area contributed by atoms with Crippen molar-refractivity contribution in [3.63, 3.8) is 0 Å². The van der Waals surface area contributed by atoms with Crippen molar-refractivity contribution in [3.8, 4) is 0 Å². The van der Waals surface area contributed by atoms with Gasteiger partial charge in [0.15, 0.2) is 0 Å². The number of nitrogens with zero attached hydrogens (tertiary/aromatic N) is 2. The Labute approximate surface area is 158 Å². The summed E-state index contributed by atoms with van der Waals surface area (Å²) in [7, 11) is 1.69. The number of hydrogen-bond acceptors (Lipinski definition) is 6. The van der Waals surface area contributed by atoms with Gasteiger partial charge in [0.25, 0.3) is 5.56 Å². The second-order valence-electron chi connectivity index (χ2n) is 7.48. The van der Waals surface area contributed by atoms with Gasteiger partial charge in [0.1, 0.15) is 10.7 Å². The fourth-order valence-electron chi connectivity index (χ4n) is 3.72. The average Bonchev–Trinajstić information content (AvgIpc) is 2.91. The van der Waals surface area contributed by atoms with Gasteiger partial charge in [-0.15, -0.1) is 11.3 Å². The Morgan fingerprint density at radius 1 is 1.50 bits per heavy atom. The lowest BCUT2D eigenvalue weighted by Gasteiger charge is -2.23. The van der Waals surface area contributed by atoms with Gasteiger partial charge in [0, 0.05) is 31.7 Å². The molecule has 2 atom stereocenters. The first-order chi connectivity index (χ1) is 12.5. The van der Waals surface area contributed by atoms with E-state index in [1.54, 1.807) is 25.4 Å². The number of ether oxygens (including phenoxy) is 1. The Bertz CT molecular complexity index is 799. The van der Waals surface area contributed by atoms with E-state index >= 15 is 0 Å². The molecule has 0 fully saturated rings. The number of methoxy groups -OCH3 is 1. The van der Waals surface area contributed by atoms with Crippen LogP contribution in [-0.4, -0.2) is 52.9 Å². The lowest BCUT2D eigenvalue weighted by molar-refractivity contribution is 0.109. The smallest absolute Gasteiger partial charge is 0.259 e. The molecule has 0 amide bonds. The van der Waals surface area contributed by atoms with Crippen molar-refractivity contribution in [2.75, 3.05) is 26.8 Å². The SMILES string of the molecule is COCCCN(Cc1nc2sc3c(c2c(=O)[nH]1)CC[C@H](C)C3)C[C@H](C)O. The molecule has 0 saturated carbocycles. The van der Waals surface area contributed by atoms with E-state index in [4.69, 9.17) is 9.72 Å². The summed E-state index contributed by atoms with van der Waals surface area (Å²) in [6.07, 6.45) is 3.62. The van der Waals surface area contributed by atoms with Crippen LogP contribution in [0.1, 0.15) is 43.0 Å². The number of aliphatic hydroxyl groups is 1. The van der Waals surface area contributed by atoms with Crippen LogP contribution >= 0.6 is 11.3 Å². The highest BCUT2D eigenvalue weighted by molar-refractivity contribution is 7.18. The number of thiophene rings is 1. The van der Waals surface area contributed by atoms with Crippen molar-refractivity contribution >= 4 is 21.6 Å². The van der Waals surface area contributed by atoms with E-state index in [0.717, 1.165) is 42.4 Å². The van der Waals surface area contributed by atoms with Crippen molar-refractivity contribution in [2.45, 2.75) is 52.2 Å². The van der Waals surface area contributed by atoms with E-state index in [-0.39, 0.29) is 5.56 Å². The predicted octanol–water partition coefficient (Wildman–Crippen LogP) is 2.33. The summed E-state index contributed by atoms with van der Waals surface area (Å²) in [6.45, 7) is 6.58. The topological polar surface area (TPSA) is 78.5 Å². The highest BCUT2D eigenvalue weighted by Crippen LogP contribution is 2.35. The van der Waals surface area contributed by atoms with Gasteiger partial charge < -0.3 is 14.8 Å². The molecule has 144 valence electrons. The van der Waals surface area contributed by atoms with Gasteiger partial charge in [-0.3, -0.25) is 9.69 Å². The Kier molecular flexibility index (Phi) is 6.45. The molecular weight excluding hydrogens is 350 g/mol. The molecule has 0 aromatic carbocycles. The van der Waals surface area contributed by atoms with Crippen LogP contribution in [0.25, 0.3) is 10.2 Å². The van der Waals surface area contributed by atoms with E-state index in [1.807, 2.05) is 0 Å². The molecule has 2 N–H and O–H groups in total. The van der Waals surface area contributed by atoms with E-state index < -0.39 is 6.10 Å². The summed E-state index contributed by atoms with van der Waals surface area (Å²) in [5.41, 5.74) is 1.19. The summed E-state index contributed by atoms with van der Waals surface area (Å²) in [4.78, 5) is 24.7. The minimum atomic E-state index is -0.427. The molecule has 2 aromatic rings. The zero-order chi connectivity index (χ0) is 18.7. The number of rotatable bonds is 8.